The van der Waals surface area contributed by atoms with Gasteiger partial charge in [0.2, 0.25) is 29.4 Å². The number of carbonyl (C=O) groups is 7. The number of rotatable bonds is 14. The molecule has 43 heavy (non-hydrogen) atoms. The van der Waals surface area contributed by atoms with E-state index >= 15 is 0 Å². The van der Waals surface area contributed by atoms with Crippen LogP contribution >= 0.6 is 0 Å². The zero-order valence-electron chi connectivity index (χ0n) is 23.7. The number of amides is 5. The molecule has 1 aromatic carbocycles. The number of nitrogens with zero attached hydrogens (tertiary/aromatic N) is 4. The number of anilines is 1. The highest BCUT2D eigenvalue weighted by Crippen LogP contribution is 2.32. The maximum Gasteiger partial charge on any atom is 0.305 e. The maximum atomic E-state index is 13.5. The molecule has 1 aliphatic heterocycles. The van der Waals surface area contributed by atoms with Crippen LogP contribution in [0.4, 0.5) is 5.69 Å². The Bertz CT molecular complexity index is 1380. The number of carboxylic acids is 1. The quantitative estimate of drug-likeness (QED) is 0.125. The number of tetrazole rings is 1. The van der Waals surface area contributed by atoms with Gasteiger partial charge < -0.3 is 26.4 Å². The van der Waals surface area contributed by atoms with Crippen LogP contribution in [0.15, 0.2) is 24.3 Å². The van der Waals surface area contributed by atoms with Crippen molar-refractivity contribution in [1.82, 2.24) is 41.9 Å². The van der Waals surface area contributed by atoms with Crippen LogP contribution in [0.1, 0.15) is 38.1 Å². The van der Waals surface area contributed by atoms with Gasteiger partial charge in [-0.2, -0.15) is 5.21 Å². The number of aliphatic carboxylic acids is 1. The van der Waals surface area contributed by atoms with E-state index in [0.717, 1.165) is 4.90 Å². The van der Waals surface area contributed by atoms with E-state index in [-0.39, 0.29) is 24.6 Å². The van der Waals surface area contributed by atoms with Crippen LogP contribution in [-0.2, 0) is 46.4 Å². The molecule has 0 fully saturated rings. The monoisotopic (exact) mass is 599 g/mol. The average Bonchev–Trinajstić information content (AvgIpc) is 3.64. The Balaban J connectivity index is 1.75. The van der Waals surface area contributed by atoms with E-state index in [1.165, 1.54) is 7.05 Å². The second-order valence-electron chi connectivity index (χ2n) is 9.87. The third kappa shape index (κ3) is 8.17. The summed E-state index contributed by atoms with van der Waals surface area (Å²) >= 11 is 0. The van der Waals surface area contributed by atoms with E-state index in [1.807, 2.05) is 6.92 Å². The summed E-state index contributed by atoms with van der Waals surface area (Å²) in [6.07, 6.45) is -0.501. The fourth-order valence-electron chi connectivity index (χ4n) is 4.52. The predicted octanol–water partition coefficient (Wildman–Crippen LogP) is -2.38. The van der Waals surface area contributed by atoms with Crippen LogP contribution in [0.2, 0.25) is 0 Å². The Kier molecular flexibility index (Phi) is 11.0. The van der Waals surface area contributed by atoms with Crippen molar-refractivity contribution < 1.29 is 38.7 Å². The van der Waals surface area contributed by atoms with Crippen LogP contribution in [-0.4, -0.2) is 98.7 Å². The van der Waals surface area contributed by atoms with Gasteiger partial charge in [-0.1, -0.05) is 43.7 Å². The number of ketones is 1. The number of para-hydroxylation sites is 1. The van der Waals surface area contributed by atoms with Crippen LogP contribution in [0.5, 0.6) is 0 Å². The number of likely N-dealkylation sites (N-methyl/N-ethyl adjacent to an activating group) is 1. The fourth-order valence-corrected chi connectivity index (χ4v) is 4.52. The Morgan fingerprint density at radius 2 is 1.84 bits per heavy atom. The molecule has 1 aliphatic rings. The number of aromatic nitrogens is 4. The lowest BCUT2D eigenvalue weighted by molar-refractivity contribution is -0.143. The Hall–Kier alpha value is -5.22. The maximum absolute atomic E-state index is 13.5. The van der Waals surface area contributed by atoms with Crippen molar-refractivity contribution in [2.45, 2.75) is 57.7 Å². The number of nitrogens with one attached hydrogen (secondary N) is 5. The summed E-state index contributed by atoms with van der Waals surface area (Å²) in [5.41, 5.74) is 1.02. The molecule has 230 valence electrons. The van der Waals surface area contributed by atoms with E-state index in [9.17, 15) is 38.7 Å². The summed E-state index contributed by atoms with van der Waals surface area (Å²) in [6.45, 7) is 3.05. The first-order valence-corrected chi connectivity index (χ1v) is 13.4. The number of aromatic amines is 1. The minimum Gasteiger partial charge on any atom is -0.481 e. The molecule has 0 unspecified atom stereocenters. The van der Waals surface area contributed by atoms with Gasteiger partial charge in [0.1, 0.15) is 18.1 Å². The van der Waals surface area contributed by atoms with E-state index in [4.69, 9.17) is 0 Å². The molecule has 2 aromatic rings. The number of carbonyl (C=O) groups excluding carboxylic acids is 6. The summed E-state index contributed by atoms with van der Waals surface area (Å²) in [6, 6.07) is 2.80. The second-order valence-corrected chi connectivity index (χ2v) is 9.87. The van der Waals surface area contributed by atoms with Crippen LogP contribution in [0, 0.1) is 5.92 Å². The number of Topliss-reactive ketones (excluding diaryl/α,β-unsaturated/α-hetero) is 1. The first kappa shape index (κ1) is 32.3. The number of fused-ring (bicyclic) bond motifs is 1. The van der Waals surface area contributed by atoms with Gasteiger partial charge >= 0.3 is 5.97 Å². The molecule has 4 atom stereocenters. The van der Waals surface area contributed by atoms with Crippen molar-refractivity contribution in [2.75, 3.05) is 18.5 Å². The molecule has 0 radical (unpaired) electrons. The summed E-state index contributed by atoms with van der Waals surface area (Å²) < 4.78 is 0. The van der Waals surface area contributed by atoms with Gasteiger partial charge in [0.05, 0.1) is 19.4 Å². The number of carboxylic acid groups (broad SMARTS) is 1. The molecule has 0 spiro atoms. The van der Waals surface area contributed by atoms with Gasteiger partial charge in [-0.3, -0.25) is 38.5 Å². The number of benzene rings is 1. The predicted molar refractivity (Wildman–Crippen MR) is 147 cm³/mol. The minimum absolute atomic E-state index is 0.0390. The van der Waals surface area contributed by atoms with E-state index in [2.05, 4.69) is 41.9 Å². The molecule has 2 heterocycles. The highest BCUT2D eigenvalue weighted by Gasteiger charge is 2.40. The highest BCUT2D eigenvalue weighted by molar-refractivity contribution is 6.38. The number of H-pyrrole nitrogens is 1. The summed E-state index contributed by atoms with van der Waals surface area (Å²) in [7, 11) is 1.19. The topological polar surface area (TPSA) is 246 Å². The third-order valence-electron chi connectivity index (χ3n) is 6.94. The van der Waals surface area contributed by atoms with Gasteiger partial charge in [-0.15, -0.1) is 10.2 Å². The lowest BCUT2D eigenvalue weighted by atomic mass is 9.98. The number of hydrogen-bond donors (Lipinski definition) is 6. The molecule has 3 rings (SSSR count). The largest absolute Gasteiger partial charge is 0.481 e. The zero-order valence-corrected chi connectivity index (χ0v) is 23.7. The van der Waals surface area contributed by atoms with Crippen molar-refractivity contribution in [1.29, 1.82) is 0 Å². The molecular weight excluding hydrogens is 566 g/mol. The molecule has 5 amide bonds. The molecule has 0 saturated heterocycles. The molecule has 6 N–H and O–H groups in total. The molecule has 0 saturated carbocycles. The molecule has 0 bridgehead atoms. The summed E-state index contributed by atoms with van der Waals surface area (Å²) in [5, 5.41) is 31.8. The van der Waals surface area contributed by atoms with Gasteiger partial charge in [-0.25, -0.2) is 0 Å². The Labute approximate surface area is 245 Å². The molecular formula is C26H33N9O8. The van der Waals surface area contributed by atoms with Crippen molar-refractivity contribution >= 4 is 47.0 Å². The standard InChI is InChI=1S/C26H33N9O8/c1-4-13(2)22(30-19(36)11-18-31-33-34-32-18)25(42)28-12-20(37)35-16-8-6-5-7-14(16)9-17(35)24(41)29-15(10-21(38)39)23(40)26(43)27-3/h5-8,13,15,17,22H,4,9-12H2,1-3H3,(H,27,43)(H,28,42)(H,29,41)(H,30,36)(H,38,39)(H,31,32,33,34)/t13-,15-,17-,22-/m0/s1. The van der Waals surface area contributed by atoms with Gasteiger partial charge in [-0.05, 0) is 17.5 Å². The van der Waals surface area contributed by atoms with Gasteiger partial charge in [0, 0.05) is 19.2 Å². The third-order valence-corrected chi connectivity index (χ3v) is 6.94. The normalized spacial score (nSPS) is 15.8. The first-order valence-electron chi connectivity index (χ1n) is 13.4. The van der Waals surface area contributed by atoms with E-state index in [1.54, 1.807) is 31.2 Å². The average molecular weight is 600 g/mol. The number of hydrogen-bond acceptors (Lipinski definition) is 10. The molecule has 17 nitrogen and oxygen atoms in total. The minimum atomic E-state index is -1.67. The lowest BCUT2D eigenvalue weighted by Gasteiger charge is -2.27. The van der Waals surface area contributed by atoms with Crippen molar-refractivity contribution in [3.8, 4) is 0 Å². The van der Waals surface area contributed by atoms with Crippen LogP contribution < -0.4 is 26.2 Å². The Morgan fingerprint density at radius 3 is 2.47 bits per heavy atom. The molecule has 17 heteroatoms. The summed E-state index contributed by atoms with van der Waals surface area (Å²) in [5.74, 6) is -6.52. The van der Waals surface area contributed by atoms with Crippen molar-refractivity contribution in [3.63, 3.8) is 0 Å². The van der Waals surface area contributed by atoms with Crippen molar-refractivity contribution in [3.05, 3.63) is 35.7 Å². The van der Waals surface area contributed by atoms with Gasteiger partial charge in [0.15, 0.2) is 5.82 Å². The first-order chi connectivity index (χ1) is 20.5. The summed E-state index contributed by atoms with van der Waals surface area (Å²) in [4.78, 5) is 89.2. The van der Waals surface area contributed by atoms with E-state index in [0.29, 0.717) is 17.7 Å². The SMILES string of the molecule is CC[C@H](C)[C@H](NC(=O)Cc1nn[nH]n1)C(=O)NCC(=O)N1c2ccccc2C[C@H]1C(=O)N[C@@H](CC(=O)O)C(=O)C(=O)NC. The molecule has 0 aliphatic carbocycles. The van der Waals surface area contributed by atoms with Crippen molar-refractivity contribution in [2.24, 2.45) is 5.92 Å². The second kappa shape index (κ2) is 14.6. The van der Waals surface area contributed by atoms with E-state index < -0.39 is 72.4 Å². The molecule has 1 aromatic heterocycles. The van der Waals surface area contributed by atoms with Crippen LogP contribution in [0.3, 0.4) is 0 Å². The highest BCUT2D eigenvalue weighted by atomic mass is 16.4. The van der Waals surface area contributed by atoms with Crippen LogP contribution in [0.25, 0.3) is 0 Å². The fraction of sp³-hybridized carbons (Fsp3) is 0.462. The smallest absolute Gasteiger partial charge is 0.305 e. The van der Waals surface area contributed by atoms with Gasteiger partial charge in [0.25, 0.3) is 5.91 Å². The zero-order chi connectivity index (χ0) is 31.7. The lowest BCUT2D eigenvalue weighted by Crippen LogP contribution is -2.56. The Morgan fingerprint density at radius 1 is 1.12 bits per heavy atom.